The lowest BCUT2D eigenvalue weighted by atomic mass is 9.96. The standard InChI is InChI=1S/C25H28N2O6/c1-32-21(22(28)29)14-26-23(30)25(12-6-7-13-25)27-24(31)33-15-20-18-10-4-2-8-16(18)17-9-3-5-11-19(17)20/h2-5,8-11,20-21H,6-7,12-15H2,1H3,(H,26,30)(H,27,31)(H,28,29). The van der Waals surface area contributed by atoms with Crippen molar-refractivity contribution in [3.63, 3.8) is 0 Å². The minimum Gasteiger partial charge on any atom is -0.479 e. The average molecular weight is 453 g/mol. The molecule has 2 aliphatic rings. The maximum atomic E-state index is 12.9. The average Bonchev–Trinajstić information content (AvgIpc) is 3.41. The minimum atomic E-state index is -1.16. The van der Waals surface area contributed by atoms with Crippen LogP contribution in [-0.4, -0.2) is 55.0 Å². The van der Waals surface area contributed by atoms with Crippen LogP contribution in [0.5, 0.6) is 0 Å². The van der Waals surface area contributed by atoms with Gasteiger partial charge in [0.2, 0.25) is 5.91 Å². The molecule has 1 saturated carbocycles. The molecule has 2 amide bonds. The first-order valence-corrected chi connectivity index (χ1v) is 11.1. The summed E-state index contributed by atoms with van der Waals surface area (Å²) in [5.74, 6) is -1.66. The number of carboxylic acid groups (broad SMARTS) is 1. The fourth-order valence-electron chi connectivity index (χ4n) is 4.84. The van der Waals surface area contributed by atoms with E-state index in [-0.39, 0.29) is 19.1 Å². The van der Waals surface area contributed by atoms with Gasteiger partial charge in [-0.2, -0.15) is 0 Å². The second-order valence-corrected chi connectivity index (χ2v) is 8.51. The predicted octanol–water partition coefficient (Wildman–Crippen LogP) is 3.05. The number of aliphatic carboxylic acids is 1. The van der Waals surface area contributed by atoms with Crippen LogP contribution >= 0.6 is 0 Å². The SMILES string of the molecule is COC(CNC(=O)C1(NC(=O)OCC2c3ccccc3-c3ccccc32)CCCC1)C(=O)O. The molecule has 1 unspecified atom stereocenters. The lowest BCUT2D eigenvalue weighted by molar-refractivity contribution is -0.148. The van der Waals surface area contributed by atoms with E-state index in [1.165, 1.54) is 7.11 Å². The molecule has 0 radical (unpaired) electrons. The van der Waals surface area contributed by atoms with E-state index in [1.54, 1.807) is 0 Å². The lowest BCUT2D eigenvalue weighted by Crippen LogP contribution is -2.58. The van der Waals surface area contributed by atoms with E-state index in [9.17, 15) is 14.4 Å². The van der Waals surface area contributed by atoms with E-state index in [0.717, 1.165) is 35.1 Å². The van der Waals surface area contributed by atoms with E-state index in [4.69, 9.17) is 14.6 Å². The second kappa shape index (κ2) is 9.62. The van der Waals surface area contributed by atoms with Gasteiger partial charge in [0.25, 0.3) is 0 Å². The molecule has 0 aromatic heterocycles. The van der Waals surface area contributed by atoms with Crippen molar-refractivity contribution in [2.75, 3.05) is 20.3 Å². The quantitative estimate of drug-likeness (QED) is 0.567. The molecular formula is C25H28N2O6. The van der Waals surface area contributed by atoms with Gasteiger partial charge in [-0.25, -0.2) is 9.59 Å². The fourth-order valence-corrected chi connectivity index (χ4v) is 4.84. The zero-order chi connectivity index (χ0) is 23.4. The van der Waals surface area contributed by atoms with Crippen molar-refractivity contribution in [1.29, 1.82) is 0 Å². The van der Waals surface area contributed by atoms with Crippen molar-refractivity contribution in [1.82, 2.24) is 10.6 Å². The fraction of sp³-hybridized carbons (Fsp3) is 0.400. The number of amides is 2. The van der Waals surface area contributed by atoms with E-state index < -0.39 is 29.6 Å². The van der Waals surface area contributed by atoms with Crippen molar-refractivity contribution in [3.8, 4) is 11.1 Å². The van der Waals surface area contributed by atoms with Gasteiger partial charge in [-0.3, -0.25) is 4.79 Å². The normalized spacial score (nSPS) is 17.0. The molecule has 3 N–H and O–H groups in total. The van der Waals surface area contributed by atoms with Crippen LogP contribution in [0.4, 0.5) is 4.79 Å². The maximum absolute atomic E-state index is 12.9. The molecule has 0 bridgehead atoms. The third-order valence-electron chi connectivity index (χ3n) is 6.58. The topological polar surface area (TPSA) is 114 Å². The summed E-state index contributed by atoms with van der Waals surface area (Å²) in [6.07, 6.45) is 0.687. The number of methoxy groups -OCH3 is 1. The first-order chi connectivity index (χ1) is 15.9. The minimum absolute atomic E-state index is 0.0745. The van der Waals surface area contributed by atoms with Gasteiger partial charge in [-0.05, 0) is 35.1 Å². The Morgan fingerprint density at radius 1 is 1.03 bits per heavy atom. The zero-order valence-corrected chi connectivity index (χ0v) is 18.5. The molecular weight excluding hydrogens is 424 g/mol. The van der Waals surface area contributed by atoms with Crippen molar-refractivity contribution >= 4 is 18.0 Å². The van der Waals surface area contributed by atoms with Gasteiger partial charge in [0, 0.05) is 13.0 Å². The Balaban J connectivity index is 1.41. The molecule has 0 aliphatic heterocycles. The number of benzene rings is 2. The predicted molar refractivity (Wildman–Crippen MR) is 121 cm³/mol. The third-order valence-corrected chi connectivity index (χ3v) is 6.58. The Morgan fingerprint density at radius 2 is 1.61 bits per heavy atom. The van der Waals surface area contributed by atoms with Crippen molar-refractivity contribution in [2.45, 2.75) is 43.2 Å². The van der Waals surface area contributed by atoms with E-state index in [1.807, 2.05) is 36.4 Å². The number of carbonyl (C=O) groups is 3. The molecule has 1 fully saturated rings. The zero-order valence-electron chi connectivity index (χ0n) is 18.5. The highest BCUT2D eigenvalue weighted by molar-refractivity contribution is 5.90. The van der Waals surface area contributed by atoms with Crippen molar-refractivity contribution < 1.29 is 29.0 Å². The summed E-state index contributed by atoms with van der Waals surface area (Å²) < 4.78 is 10.5. The third kappa shape index (κ3) is 4.57. The number of nitrogens with one attached hydrogen (secondary N) is 2. The first kappa shape index (κ1) is 22.8. The van der Waals surface area contributed by atoms with Gasteiger partial charge in [-0.1, -0.05) is 61.4 Å². The molecule has 4 rings (SSSR count). The molecule has 174 valence electrons. The second-order valence-electron chi connectivity index (χ2n) is 8.51. The van der Waals surface area contributed by atoms with Gasteiger partial charge in [0.15, 0.2) is 6.10 Å². The van der Waals surface area contributed by atoms with Crippen molar-refractivity contribution in [2.24, 2.45) is 0 Å². The highest BCUT2D eigenvalue weighted by Crippen LogP contribution is 2.44. The summed E-state index contributed by atoms with van der Waals surface area (Å²) >= 11 is 0. The largest absolute Gasteiger partial charge is 0.479 e. The summed E-state index contributed by atoms with van der Waals surface area (Å²) in [6, 6.07) is 16.1. The summed E-state index contributed by atoms with van der Waals surface area (Å²) in [5.41, 5.74) is 3.39. The Labute approximate surface area is 192 Å². The van der Waals surface area contributed by atoms with Crippen LogP contribution in [0, 0.1) is 0 Å². The molecule has 0 heterocycles. The maximum Gasteiger partial charge on any atom is 0.408 e. The molecule has 33 heavy (non-hydrogen) atoms. The van der Waals surface area contributed by atoms with Crippen LogP contribution in [0.2, 0.25) is 0 Å². The number of hydrogen-bond acceptors (Lipinski definition) is 5. The number of rotatable bonds is 8. The monoisotopic (exact) mass is 452 g/mol. The highest BCUT2D eigenvalue weighted by Gasteiger charge is 2.43. The van der Waals surface area contributed by atoms with Gasteiger partial charge in [-0.15, -0.1) is 0 Å². The van der Waals surface area contributed by atoms with Gasteiger partial charge < -0.3 is 25.2 Å². The molecule has 8 heteroatoms. The van der Waals surface area contributed by atoms with Gasteiger partial charge in [0.05, 0.1) is 6.54 Å². The molecule has 0 spiro atoms. The van der Waals surface area contributed by atoms with E-state index in [0.29, 0.717) is 12.8 Å². The van der Waals surface area contributed by atoms with Gasteiger partial charge >= 0.3 is 12.1 Å². The first-order valence-electron chi connectivity index (χ1n) is 11.1. The lowest BCUT2D eigenvalue weighted by Gasteiger charge is -2.29. The number of alkyl carbamates (subject to hydrolysis) is 1. The van der Waals surface area contributed by atoms with Crippen LogP contribution in [-0.2, 0) is 19.1 Å². The van der Waals surface area contributed by atoms with Gasteiger partial charge in [0.1, 0.15) is 12.1 Å². The number of carboxylic acids is 1. The molecule has 8 nitrogen and oxygen atoms in total. The Morgan fingerprint density at radius 3 is 2.15 bits per heavy atom. The number of hydrogen-bond donors (Lipinski definition) is 3. The smallest absolute Gasteiger partial charge is 0.408 e. The summed E-state index contributed by atoms with van der Waals surface area (Å²) in [6.45, 7) is -0.0267. The van der Waals surface area contributed by atoms with E-state index in [2.05, 4.69) is 22.8 Å². The highest BCUT2D eigenvalue weighted by atomic mass is 16.5. The number of fused-ring (bicyclic) bond motifs is 3. The number of carbonyl (C=O) groups excluding carboxylic acids is 2. The summed E-state index contributed by atoms with van der Waals surface area (Å²) in [4.78, 5) is 36.8. The molecule has 2 aromatic rings. The van der Waals surface area contributed by atoms with Crippen LogP contribution < -0.4 is 10.6 Å². The Hall–Kier alpha value is -3.39. The Kier molecular flexibility index (Phi) is 6.65. The molecule has 2 aromatic carbocycles. The molecule has 2 aliphatic carbocycles. The van der Waals surface area contributed by atoms with Crippen molar-refractivity contribution in [3.05, 3.63) is 59.7 Å². The van der Waals surface area contributed by atoms with Crippen LogP contribution in [0.1, 0.15) is 42.7 Å². The summed E-state index contributed by atoms with van der Waals surface area (Å²) in [7, 11) is 1.27. The molecule has 0 saturated heterocycles. The number of ether oxygens (including phenoxy) is 2. The molecule has 1 atom stereocenters. The van der Waals surface area contributed by atoms with Crippen LogP contribution in [0.25, 0.3) is 11.1 Å². The van der Waals surface area contributed by atoms with E-state index >= 15 is 0 Å². The van der Waals surface area contributed by atoms with Crippen LogP contribution in [0.15, 0.2) is 48.5 Å². The van der Waals surface area contributed by atoms with Crippen LogP contribution in [0.3, 0.4) is 0 Å². The summed E-state index contributed by atoms with van der Waals surface area (Å²) in [5, 5.41) is 14.5. The Bertz CT molecular complexity index is 1000.